The van der Waals surface area contributed by atoms with Crippen LogP contribution in [0, 0.1) is 12.8 Å². The van der Waals surface area contributed by atoms with Crippen molar-refractivity contribution in [3.63, 3.8) is 0 Å². The fourth-order valence-corrected chi connectivity index (χ4v) is 3.93. The molecule has 3 rings (SSSR count). The number of thiazole rings is 1. The molecule has 0 aliphatic carbocycles. The summed E-state index contributed by atoms with van der Waals surface area (Å²) in [5.74, 6) is 1.26. The van der Waals surface area contributed by atoms with Gasteiger partial charge in [0.15, 0.2) is 0 Å². The molecule has 1 aliphatic heterocycles. The van der Waals surface area contributed by atoms with E-state index in [1.54, 1.807) is 11.3 Å². The SMILES string of the molecule is Cc1nc(CC(C)C)c(NC(=O)N2CCCC[C@H]2c2ncn[nH]2)s1. The van der Waals surface area contributed by atoms with E-state index in [1.165, 1.54) is 6.33 Å². The molecule has 1 aliphatic rings. The molecule has 2 aromatic heterocycles. The minimum Gasteiger partial charge on any atom is -0.314 e. The molecular weight excluding hydrogens is 324 g/mol. The molecular formula is C16H24N6OS. The van der Waals surface area contributed by atoms with Gasteiger partial charge in [-0.05, 0) is 38.5 Å². The lowest BCUT2D eigenvalue weighted by Gasteiger charge is -2.34. The van der Waals surface area contributed by atoms with Crippen molar-refractivity contribution in [1.29, 1.82) is 0 Å². The van der Waals surface area contributed by atoms with Crippen LogP contribution in [-0.2, 0) is 6.42 Å². The quantitative estimate of drug-likeness (QED) is 0.885. The monoisotopic (exact) mass is 348 g/mol. The first-order valence-electron chi connectivity index (χ1n) is 8.43. The van der Waals surface area contributed by atoms with Crippen molar-refractivity contribution < 1.29 is 4.79 Å². The Morgan fingerprint density at radius 3 is 3.04 bits per heavy atom. The number of piperidine rings is 1. The highest BCUT2D eigenvalue weighted by molar-refractivity contribution is 7.16. The molecule has 2 aromatic rings. The standard InChI is InChI=1S/C16H24N6OS/c1-10(2)8-12-15(24-11(3)19-12)20-16(23)22-7-5-4-6-13(22)14-17-9-18-21-14/h9-10,13H,4-8H2,1-3H3,(H,20,23)(H,17,18,21)/t13-/m0/s1. The minimum absolute atomic E-state index is 0.0381. The van der Waals surface area contributed by atoms with Crippen LogP contribution in [0.4, 0.5) is 9.80 Å². The number of anilines is 1. The number of carbonyl (C=O) groups excluding carboxylic acids is 1. The number of H-pyrrole nitrogens is 1. The molecule has 0 radical (unpaired) electrons. The van der Waals surface area contributed by atoms with Gasteiger partial charge in [-0.1, -0.05) is 13.8 Å². The minimum atomic E-state index is -0.0789. The second-order valence-electron chi connectivity index (χ2n) is 6.61. The molecule has 0 spiro atoms. The topological polar surface area (TPSA) is 86.8 Å². The molecule has 1 saturated heterocycles. The van der Waals surface area contributed by atoms with Crippen LogP contribution in [0.3, 0.4) is 0 Å². The number of hydrogen-bond acceptors (Lipinski definition) is 5. The maximum atomic E-state index is 12.9. The molecule has 1 atom stereocenters. The smallest absolute Gasteiger partial charge is 0.314 e. The summed E-state index contributed by atoms with van der Waals surface area (Å²) in [6.07, 6.45) is 5.37. The Morgan fingerprint density at radius 2 is 2.33 bits per heavy atom. The lowest BCUT2D eigenvalue weighted by Crippen LogP contribution is -2.41. The molecule has 130 valence electrons. The van der Waals surface area contributed by atoms with Crippen molar-refractivity contribution in [2.75, 3.05) is 11.9 Å². The van der Waals surface area contributed by atoms with E-state index in [0.717, 1.165) is 53.8 Å². The third-order valence-corrected chi connectivity index (χ3v) is 5.07. The molecule has 24 heavy (non-hydrogen) atoms. The number of likely N-dealkylation sites (tertiary alicyclic amines) is 1. The third-order valence-electron chi connectivity index (χ3n) is 4.14. The fourth-order valence-electron chi connectivity index (χ4n) is 3.10. The van der Waals surface area contributed by atoms with Crippen LogP contribution >= 0.6 is 11.3 Å². The largest absolute Gasteiger partial charge is 0.323 e. The molecule has 0 aromatic carbocycles. The van der Waals surface area contributed by atoms with Gasteiger partial charge in [0.1, 0.15) is 17.2 Å². The summed E-state index contributed by atoms with van der Waals surface area (Å²) >= 11 is 1.54. The first-order chi connectivity index (χ1) is 11.5. The fraction of sp³-hybridized carbons (Fsp3) is 0.625. The van der Waals surface area contributed by atoms with Crippen LogP contribution in [0.15, 0.2) is 6.33 Å². The summed E-state index contributed by atoms with van der Waals surface area (Å²) in [5.41, 5.74) is 0.981. The van der Waals surface area contributed by atoms with Gasteiger partial charge < -0.3 is 4.90 Å². The number of amides is 2. The van der Waals surface area contributed by atoms with Crippen molar-refractivity contribution in [2.45, 2.75) is 52.5 Å². The van der Waals surface area contributed by atoms with Gasteiger partial charge in [0.05, 0.1) is 16.7 Å². The molecule has 1 fully saturated rings. The lowest BCUT2D eigenvalue weighted by atomic mass is 10.0. The molecule has 7 nitrogen and oxygen atoms in total. The van der Waals surface area contributed by atoms with Crippen molar-refractivity contribution in [1.82, 2.24) is 25.1 Å². The Balaban J connectivity index is 1.76. The van der Waals surface area contributed by atoms with E-state index >= 15 is 0 Å². The second-order valence-corrected chi connectivity index (χ2v) is 7.82. The number of nitrogens with zero attached hydrogens (tertiary/aromatic N) is 4. The Kier molecular flexibility index (Phi) is 5.13. The number of aromatic nitrogens is 4. The summed E-state index contributed by atoms with van der Waals surface area (Å²) in [6.45, 7) is 7.02. The first-order valence-corrected chi connectivity index (χ1v) is 9.25. The number of carbonyl (C=O) groups is 1. The Labute approximate surface area is 145 Å². The predicted molar refractivity (Wildman–Crippen MR) is 94.1 cm³/mol. The van der Waals surface area contributed by atoms with Crippen LogP contribution in [0.5, 0.6) is 0 Å². The van der Waals surface area contributed by atoms with E-state index in [9.17, 15) is 4.79 Å². The number of aromatic amines is 1. The molecule has 2 amide bonds. The van der Waals surface area contributed by atoms with E-state index < -0.39 is 0 Å². The van der Waals surface area contributed by atoms with Crippen molar-refractivity contribution >= 4 is 22.4 Å². The van der Waals surface area contributed by atoms with Crippen LogP contribution in [-0.4, -0.2) is 37.6 Å². The molecule has 8 heteroatoms. The van der Waals surface area contributed by atoms with E-state index in [-0.39, 0.29) is 12.1 Å². The predicted octanol–water partition coefficient (Wildman–Crippen LogP) is 3.53. The molecule has 2 N–H and O–H groups in total. The van der Waals surface area contributed by atoms with Gasteiger partial charge in [-0.25, -0.2) is 14.8 Å². The van der Waals surface area contributed by atoms with E-state index in [1.807, 2.05) is 11.8 Å². The summed E-state index contributed by atoms with van der Waals surface area (Å²) in [7, 11) is 0. The zero-order valence-electron chi connectivity index (χ0n) is 14.4. The summed E-state index contributed by atoms with van der Waals surface area (Å²) in [4.78, 5) is 23.5. The normalized spacial score (nSPS) is 18.2. The van der Waals surface area contributed by atoms with E-state index in [0.29, 0.717) is 5.92 Å². The number of urea groups is 1. The van der Waals surface area contributed by atoms with Crippen molar-refractivity contribution in [3.8, 4) is 0 Å². The van der Waals surface area contributed by atoms with Crippen LogP contribution in [0.2, 0.25) is 0 Å². The van der Waals surface area contributed by atoms with Gasteiger partial charge >= 0.3 is 6.03 Å². The lowest BCUT2D eigenvalue weighted by molar-refractivity contribution is 0.159. The van der Waals surface area contributed by atoms with Crippen LogP contribution in [0.25, 0.3) is 0 Å². The van der Waals surface area contributed by atoms with Gasteiger partial charge in [0.25, 0.3) is 0 Å². The zero-order chi connectivity index (χ0) is 17.1. The summed E-state index contributed by atoms with van der Waals surface area (Å²) < 4.78 is 0. The van der Waals surface area contributed by atoms with Gasteiger partial charge in [-0.15, -0.1) is 11.3 Å². The molecule has 0 saturated carbocycles. The maximum absolute atomic E-state index is 12.9. The van der Waals surface area contributed by atoms with Crippen LogP contribution in [0.1, 0.15) is 55.7 Å². The Morgan fingerprint density at radius 1 is 1.50 bits per heavy atom. The van der Waals surface area contributed by atoms with Gasteiger partial charge in [0.2, 0.25) is 0 Å². The highest BCUT2D eigenvalue weighted by atomic mass is 32.1. The van der Waals surface area contributed by atoms with Gasteiger partial charge in [-0.2, -0.15) is 5.10 Å². The van der Waals surface area contributed by atoms with E-state index in [2.05, 4.69) is 39.3 Å². The highest BCUT2D eigenvalue weighted by Gasteiger charge is 2.30. The average Bonchev–Trinajstić information content (AvgIpc) is 3.17. The van der Waals surface area contributed by atoms with Crippen molar-refractivity contribution in [3.05, 3.63) is 22.9 Å². The number of hydrogen-bond donors (Lipinski definition) is 2. The Bertz CT molecular complexity index is 681. The molecule has 0 unspecified atom stereocenters. The number of aryl methyl sites for hydroxylation is 1. The first kappa shape index (κ1) is 16.9. The third kappa shape index (κ3) is 3.75. The van der Waals surface area contributed by atoms with Gasteiger partial charge in [-0.3, -0.25) is 10.4 Å². The highest BCUT2D eigenvalue weighted by Crippen LogP contribution is 2.31. The number of nitrogens with one attached hydrogen (secondary N) is 2. The average molecular weight is 348 g/mol. The van der Waals surface area contributed by atoms with E-state index in [4.69, 9.17) is 0 Å². The maximum Gasteiger partial charge on any atom is 0.323 e. The van der Waals surface area contributed by atoms with Gasteiger partial charge in [0, 0.05) is 6.54 Å². The molecule has 3 heterocycles. The van der Waals surface area contributed by atoms with Crippen molar-refractivity contribution in [2.24, 2.45) is 5.92 Å². The zero-order valence-corrected chi connectivity index (χ0v) is 15.2. The van der Waals surface area contributed by atoms with Crippen LogP contribution < -0.4 is 5.32 Å². The second kappa shape index (κ2) is 7.29. The number of rotatable bonds is 4. The summed E-state index contributed by atoms with van der Waals surface area (Å²) in [6, 6.07) is -0.117. The Hall–Kier alpha value is -1.96. The molecule has 0 bridgehead atoms. The summed E-state index contributed by atoms with van der Waals surface area (Å²) in [5, 5.41) is 11.8.